The number of hydrogen-bond donors (Lipinski definition) is 1. The smallest absolute Gasteiger partial charge is 0.252 e. The van der Waals surface area contributed by atoms with Crippen LogP contribution in [0.3, 0.4) is 0 Å². The molecule has 2 atom stereocenters. The van der Waals surface area contributed by atoms with Gasteiger partial charge in [0.05, 0.1) is 6.10 Å². The maximum atomic E-state index is 13.2. The molecule has 1 N–H and O–H groups in total. The average molecular weight is 342 g/mol. The fourth-order valence-corrected chi connectivity index (χ4v) is 3.23. The van der Waals surface area contributed by atoms with Gasteiger partial charge in [0.25, 0.3) is 5.91 Å². The van der Waals surface area contributed by atoms with Crippen molar-refractivity contribution in [3.63, 3.8) is 0 Å². The average Bonchev–Trinajstić information content (AvgIpc) is 3.17. The highest BCUT2D eigenvalue weighted by molar-refractivity contribution is 5.83. The van der Waals surface area contributed by atoms with E-state index in [2.05, 4.69) is 10.00 Å². The summed E-state index contributed by atoms with van der Waals surface area (Å²) >= 11 is 0. The van der Waals surface area contributed by atoms with Crippen molar-refractivity contribution in [3.05, 3.63) is 54.4 Å². The van der Waals surface area contributed by atoms with Crippen LogP contribution in [0.25, 0.3) is 0 Å². The Morgan fingerprint density at radius 2 is 1.88 bits per heavy atom. The molecule has 1 aliphatic heterocycles. The first-order valence-electron chi connectivity index (χ1n) is 8.92. The van der Waals surface area contributed by atoms with E-state index in [9.17, 15) is 9.90 Å². The summed E-state index contributed by atoms with van der Waals surface area (Å²) in [4.78, 5) is 17.3. The molecule has 0 aliphatic carbocycles. The summed E-state index contributed by atoms with van der Waals surface area (Å²) in [5.41, 5.74) is 0.944. The van der Waals surface area contributed by atoms with Gasteiger partial charge in [-0.3, -0.25) is 14.4 Å². The van der Waals surface area contributed by atoms with E-state index in [1.165, 1.54) is 0 Å². The fraction of sp³-hybridized carbons (Fsp3) is 0.474. The predicted octanol–water partition coefficient (Wildman–Crippen LogP) is 1.39. The highest BCUT2D eigenvalue weighted by atomic mass is 16.3. The lowest BCUT2D eigenvalue weighted by Crippen LogP contribution is -2.52. The van der Waals surface area contributed by atoms with E-state index in [4.69, 9.17) is 0 Å². The number of nitrogens with zero attached hydrogens (tertiary/aromatic N) is 4. The molecule has 0 radical (unpaired) electrons. The first-order chi connectivity index (χ1) is 12.2. The molecular weight excluding hydrogens is 316 g/mol. The Hall–Kier alpha value is -2.18. The van der Waals surface area contributed by atoms with Gasteiger partial charge in [-0.25, -0.2) is 0 Å². The molecule has 6 nitrogen and oxygen atoms in total. The number of amides is 1. The maximum absolute atomic E-state index is 13.2. The van der Waals surface area contributed by atoms with Crippen LogP contribution in [-0.4, -0.2) is 69.4 Å². The van der Waals surface area contributed by atoms with Gasteiger partial charge in [0.15, 0.2) is 6.04 Å². The van der Waals surface area contributed by atoms with Gasteiger partial charge in [-0.15, -0.1) is 0 Å². The van der Waals surface area contributed by atoms with E-state index in [0.717, 1.165) is 25.1 Å². The van der Waals surface area contributed by atoms with Crippen molar-refractivity contribution in [2.75, 3.05) is 32.7 Å². The Morgan fingerprint density at radius 3 is 2.48 bits per heavy atom. The monoisotopic (exact) mass is 342 g/mol. The van der Waals surface area contributed by atoms with Crippen molar-refractivity contribution in [1.29, 1.82) is 0 Å². The van der Waals surface area contributed by atoms with Gasteiger partial charge < -0.3 is 10.0 Å². The van der Waals surface area contributed by atoms with Gasteiger partial charge in [0.2, 0.25) is 0 Å². The lowest BCUT2D eigenvalue weighted by Gasteiger charge is -2.37. The van der Waals surface area contributed by atoms with Gasteiger partial charge in [-0.2, -0.15) is 5.10 Å². The van der Waals surface area contributed by atoms with Crippen LogP contribution in [0.2, 0.25) is 0 Å². The number of aliphatic hydroxyl groups is 1. The molecule has 0 unspecified atom stereocenters. The summed E-state index contributed by atoms with van der Waals surface area (Å²) in [6, 6.07) is 11.2. The van der Waals surface area contributed by atoms with Crippen LogP contribution < -0.4 is 0 Å². The molecule has 1 aromatic carbocycles. The minimum atomic E-state index is -0.427. The van der Waals surface area contributed by atoms with Crippen LogP contribution in [0, 0.1) is 0 Å². The Morgan fingerprint density at radius 1 is 1.16 bits per heavy atom. The van der Waals surface area contributed by atoms with E-state index in [0.29, 0.717) is 19.6 Å². The topological polar surface area (TPSA) is 61.6 Å². The number of benzene rings is 1. The zero-order chi connectivity index (χ0) is 17.6. The molecule has 134 valence electrons. The molecule has 6 heteroatoms. The van der Waals surface area contributed by atoms with Crippen molar-refractivity contribution in [3.8, 4) is 0 Å². The highest BCUT2D eigenvalue weighted by Crippen LogP contribution is 2.21. The molecule has 1 aromatic heterocycles. The molecule has 1 aliphatic rings. The largest absolute Gasteiger partial charge is 0.392 e. The summed E-state index contributed by atoms with van der Waals surface area (Å²) in [5.74, 6) is 0.0746. The lowest BCUT2D eigenvalue weighted by molar-refractivity contribution is -0.135. The molecule has 2 heterocycles. The first kappa shape index (κ1) is 17.6. The zero-order valence-electron chi connectivity index (χ0n) is 14.7. The van der Waals surface area contributed by atoms with Crippen LogP contribution >= 0.6 is 0 Å². The Balaban J connectivity index is 1.70. The molecule has 1 saturated heterocycles. The molecule has 3 rings (SSSR count). The van der Waals surface area contributed by atoms with Crippen molar-refractivity contribution in [2.45, 2.75) is 25.5 Å². The standard InChI is InChI=1S/C19H26N4O2/c1-2-17(24)15-21-11-13-22(14-12-21)19(25)18(23-10-6-9-20-23)16-7-4-3-5-8-16/h3-10,17-18,24H,2,11-15H2,1H3/t17-,18+/m0/s1. The molecule has 0 saturated carbocycles. The number of β-amino-alcohol motifs (C(OH)–C–C–N with tert-alkyl or cyclic N) is 1. The quantitative estimate of drug-likeness (QED) is 0.862. The third-order valence-electron chi connectivity index (χ3n) is 4.76. The minimum absolute atomic E-state index is 0.0746. The molecule has 2 aromatic rings. The van der Waals surface area contributed by atoms with E-state index in [1.807, 2.05) is 54.4 Å². The number of aliphatic hydroxyl groups excluding tert-OH is 1. The van der Waals surface area contributed by atoms with E-state index in [-0.39, 0.29) is 12.0 Å². The molecule has 1 amide bonds. The summed E-state index contributed by atoms with van der Waals surface area (Å²) in [5, 5.41) is 14.1. The third-order valence-corrected chi connectivity index (χ3v) is 4.76. The Kier molecular flexibility index (Phi) is 5.83. The molecule has 25 heavy (non-hydrogen) atoms. The van der Waals surface area contributed by atoms with Gasteiger partial charge in [0, 0.05) is 45.1 Å². The number of piperazine rings is 1. The van der Waals surface area contributed by atoms with E-state index in [1.54, 1.807) is 10.9 Å². The summed E-state index contributed by atoms with van der Waals surface area (Å²) in [6.07, 6.45) is 4.01. The molecule has 0 bridgehead atoms. The predicted molar refractivity (Wildman–Crippen MR) is 96.1 cm³/mol. The summed E-state index contributed by atoms with van der Waals surface area (Å²) in [6.45, 7) is 5.62. The normalized spacial score (nSPS) is 18.1. The number of hydrogen-bond acceptors (Lipinski definition) is 4. The van der Waals surface area contributed by atoms with Crippen molar-refractivity contribution < 1.29 is 9.90 Å². The van der Waals surface area contributed by atoms with Gasteiger partial charge in [-0.1, -0.05) is 37.3 Å². The summed E-state index contributed by atoms with van der Waals surface area (Å²) < 4.78 is 1.73. The third kappa shape index (κ3) is 4.27. The van der Waals surface area contributed by atoms with Crippen LogP contribution in [0.4, 0.5) is 0 Å². The van der Waals surface area contributed by atoms with E-state index >= 15 is 0 Å². The van der Waals surface area contributed by atoms with Crippen molar-refractivity contribution in [1.82, 2.24) is 19.6 Å². The lowest BCUT2D eigenvalue weighted by atomic mass is 10.1. The molecule has 1 fully saturated rings. The fourth-order valence-electron chi connectivity index (χ4n) is 3.23. The van der Waals surface area contributed by atoms with Gasteiger partial charge in [0.1, 0.15) is 0 Å². The minimum Gasteiger partial charge on any atom is -0.392 e. The van der Waals surface area contributed by atoms with Crippen LogP contribution in [0.1, 0.15) is 24.9 Å². The summed E-state index contributed by atoms with van der Waals surface area (Å²) in [7, 11) is 0. The molecular formula is C19H26N4O2. The van der Waals surface area contributed by atoms with Crippen LogP contribution in [0.5, 0.6) is 0 Å². The SMILES string of the molecule is CC[C@H](O)CN1CCN(C(=O)[C@@H](c2ccccc2)n2cccn2)CC1. The highest BCUT2D eigenvalue weighted by Gasteiger charge is 2.30. The number of rotatable bonds is 6. The number of aromatic nitrogens is 2. The second kappa shape index (κ2) is 8.27. The van der Waals surface area contributed by atoms with Crippen molar-refractivity contribution >= 4 is 5.91 Å². The Labute approximate surface area is 148 Å². The first-order valence-corrected chi connectivity index (χ1v) is 8.92. The zero-order valence-corrected chi connectivity index (χ0v) is 14.7. The Bertz CT molecular complexity index is 651. The van der Waals surface area contributed by atoms with Gasteiger partial charge >= 0.3 is 0 Å². The van der Waals surface area contributed by atoms with E-state index < -0.39 is 6.04 Å². The second-order valence-corrected chi connectivity index (χ2v) is 6.49. The van der Waals surface area contributed by atoms with Crippen LogP contribution in [0.15, 0.2) is 48.8 Å². The number of carbonyl (C=O) groups excluding carboxylic acids is 1. The molecule has 0 spiro atoms. The van der Waals surface area contributed by atoms with Crippen LogP contribution in [-0.2, 0) is 4.79 Å². The van der Waals surface area contributed by atoms with Crippen molar-refractivity contribution in [2.24, 2.45) is 0 Å². The second-order valence-electron chi connectivity index (χ2n) is 6.49. The number of carbonyl (C=O) groups is 1. The maximum Gasteiger partial charge on any atom is 0.252 e. The van der Waals surface area contributed by atoms with Gasteiger partial charge in [-0.05, 0) is 18.1 Å².